The third-order valence-electron chi connectivity index (χ3n) is 4.95. The number of H-pyrrole nitrogens is 1. The lowest BCUT2D eigenvalue weighted by Gasteiger charge is -2.19. The molecule has 0 unspecified atom stereocenters. The Morgan fingerprint density at radius 1 is 1.10 bits per heavy atom. The third-order valence-corrected chi connectivity index (χ3v) is 4.95. The number of rotatable bonds is 6. The van der Waals surface area contributed by atoms with Gasteiger partial charge in [0.05, 0.1) is 17.3 Å². The molecule has 0 aliphatic rings. The summed E-state index contributed by atoms with van der Waals surface area (Å²) >= 11 is 0. The molecule has 2 N–H and O–H groups in total. The van der Waals surface area contributed by atoms with Crippen molar-refractivity contribution >= 4 is 22.8 Å². The zero-order valence-electron chi connectivity index (χ0n) is 18.2. The molecule has 0 aliphatic heterocycles. The van der Waals surface area contributed by atoms with Gasteiger partial charge in [0.15, 0.2) is 11.9 Å². The number of benzene rings is 2. The molecule has 162 valence electrons. The van der Waals surface area contributed by atoms with Crippen LogP contribution in [-0.2, 0) is 14.9 Å². The number of ether oxygens (including phenoxy) is 1. The molecule has 0 bridgehead atoms. The molecule has 1 aromatic heterocycles. The van der Waals surface area contributed by atoms with Crippen molar-refractivity contribution in [3.8, 4) is 0 Å². The van der Waals surface area contributed by atoms with Crippen LogP contribution in [0.15, 0.2) is 53.3 Å². The van der Waals surface area contributed by atoms with Crippen LogP contribution in [0.1, 0.15) is 62.0 Å². The number of carbonyl (C=O) groups excluding carboxylic acids is 2. The van der Waals surface area contributed by atoms with Gasteiger partial charge in [-0.25, -0.2) is 4.98 Å². The summed E-state index contributed by atoms with van der Waals surface area (Å²) < 4.78 is 5.36. The Kier molecular flexibility index (Phi) is 6.53. The number of para-hydroxylation sites is 1. The Hall–Kier alpha value is -3.48. The number of aromatic amines is 1. The Morgan fingerprint density at radius 2 is 1.77 bits per heavy atom. The molecule has 0 radical (unpaired) electrons. The van der Waals surface area contributed by atoms with E-state index in [1.54, 1.807) is 43.3 Å². The molecular formula is C24H27N3O4. The first-order valence-electron chi connectivity index (χ1n) is 10.2. The molecule has 7 nitrogen and oxygen atoms in total. The number of fused-ring (bicyclic) bond motifs is 1. The predicted molar refractivity (Wildman–Crippen MR) is 119 cm³/mol. The zero-order valence-corrected chi connectivity index (χ0v) is 18.2. The molecule has 0 aliphatic carbocycles. The first-order chi connectivity index (χ1) is 14.6. The topological polar surface area (TPSA) is 101 Å². The van der Waals surface area contributed by atoms with Crippen molar-refractivity contribution < 1.29 is 14.3 Å². The number of nitrogens with zero attached hydrogens (tertiary/aromatic N) is 1. The molecule has 3 aromatic rings. The van der Waals surface area contributed by atoms with E-state index in [1.807, 2.05) is 12.1 Å². The van der Waals surface area contributed by atoms with E-state index in [-0.39, 0.29) is 35.7 Å². The minimum atomic E-state index is -0.717. The molecule has 1 heterocycles. The Labute approximate surface area is 180 Å². The van der Waals surface area contributed by atoms with Crippen LogP contribution in [0.2, 0.25) is 0 Å². The summed E-state index contributed by atoms with van der Waals surface area (Å²) in [4.78, 5) is 43.6. The molecule has 31 heavy (non-hydrogen) atoms. The van der Waals surface area contributed by atoms with Crippen LogP contribution in [0.25, 0.3) is 10.9 Å². The molecule has 0 fully saturated rings. The van der Waals surface area contributed by atoms with Gasteiger partial charge in [0.2, 0.25) is 0 Å². The number of hydrogen-bond acceptors (Lipinski definition) is 5. The summed E-state index contributed by atoms with van der Waals surface area (Å²) in [6, 6.07) is 14.4. The molecule has 1 atom stereocenters. The maximum absolute atomic E-state index is 12.3. The van der Waals surface area contributed by atoms with E-state index in [1.165, 1.54) is 0 Å². The van der Waals surface area contributed by atoms with Crippen molar-refractivity contribution in [3.63, 3.8) is 0 Å². The van der Waals surface area contributed by atoms with Gasteiger partial charge < -0.3 is 15.0 Å². The van der Waals surface area contributed by atoms with Crippen LogP contribution >= 0.6 is 0 Å². The standard InChI is InChI=1S/C24H27N3O4/c1-15(21-26-19-8-6-5-7-18(19)23(30)27-21)31-20(28)13-14-25-22(29)16-9-11-17(12-10-16)24(2,3)4/h5-12,15H,13-14H2,1-4H3,(H,25,29)(H,26,27,30)/t15-/m1/s1. The van der Waals surface area contributed by atoms with Crippen molar-refractivity contribution in [1.29, 1.82) is 0 Å². The summed E-state index contributed by atoms with van der Waals surface area (Å²) in [5.74, 6) is -0.464. The maximum atomic E-state index is 12.3. The molecule has 0 saturated carbocycles. The van der Waals surface area contributed by atoms with Gasteiger partial charge in [-0.1, -0.05) is 45.0 Å². The minimum absolute atomic E-state index is 0.00790. The fraction of sp³-hybridized carbons (Fsp3) is 0.333. The fourth-order valence-electron chi connectivity index (χ4n) is 3.11. The van der Waals surface area contributed by atoms with Crippen LogP contribution in [0.3, 0.4) is 0 Å². The number of aromatic nitrogens is 2. The number of hydrogen-bond donors (Lipinski definition) is 2. The normalized spacial score (nSPS) is 12.4. The number of carbonyl (C=O) groups is 2. The number of esters is 1. The average Bonchev–Trinajstić information content (AvgIpc) is 2.73. The first kappa shape index (κ1) is 22.2. The summed E-state index contributed by atoms with van der Waals surface area (Å²) in [5.41, 5.74) is 1.94. The fourth-order valence-corrected chi connectivity index (χ4v) is 3.11. The Bertz CT molecular complexity index is 1140. The smallest absolute Gasteiger partial charge is 0.308 e. The molecule has 0 saturated heterocycles. The zero-order chi connectivity index (χ0) is 22.6. The molecule has 3 rings (SSSR count). The first-order valence-corrected chi connectivity index (χ1v) is 10.2. The molecule has 7 heteroatoms. The highest BCUT2D eigenvalue weighted by Crippen LogP contribution is 2.22. The summed E-state index contributed by atoms with van der Waals surface area (Å²) in [6.45, 7) is 8.11. The second-order valence-corrected chi connectivity index (χ2v) is 8.43. The van der Waals surface area contributed by atoms with E-state index < -0.39 is 12.1 Å². The van der Waals surface area contributed by atoms with Crippen LogP contribution < -0.4 is 10.9 Å². The van der Waals surface area contributed by atoms with E-state index in [0.29, 0.717) is 16.5 Å². The molecule has 0 spiro atoms. The maximum Gasteiger partial charge on any atom is 0.308 e. The minimum Gasteiger partial charge on any atom is -0.454 e. The Balaban J connectivity index is 1.52. The van der Waals surface area contributed by atoms with Gasteiger partial charge in [-0.15, -0.1) is 0 Å². The quantitative estimate of drug-likeness (QED) is 0.592. The highest BCUT2D eigenvalue weighted by molar-refractivity contribution is 5.94. The lowest BCUT2D eigenvalue weighted by Crippen LogP contribution is -2.27. The van der Waals surface area contributed by atoms with Crippen molar-refractivity contribution in [2.45, 2.75) is 45.6 Å². The number of amides is 1. The van der Waals surface area contributed by atoms with Gasteiger partial charge in [-0.05, 0) is 42.2 Å². The molecule has 1 amide bonds. The van der Waals surface area contributed by atoms with E-state index in [0.717, 1.165) is 5.56 Å². The highest BCUT2D eigenvalue weighted by atomic mass is 16.5. The molecule has 2 aromatic carbocycles. The van der Waals surface area contributed by atoms with Crippen molar-refractivity contribution in [2.24, 2.45) is 0 Å². The van der Waals surface area contributed by atoms with Crippen molar-refractivity contribution in [2.75, 3.05) is 6.54 Å². The lowest BCUT2D eigenvalue weighted by atomic mass is 9.87. The van der Waals surface area contributed by atoms with Gasteiger partial charge in [-0.3, -0.25) is 14.4 Å². The van der Waals surface area contributed by atoms with E-state index in [9.17, 15) is 14.4 Å². The van der Waals surface area contributed by atoms with E-state index in [2.05, 4.69) is 36.1 Å². The number of nitrogens with one attached hydrogen (secondary N) is 2. The molecular weight excluding hydrogens is 394 g/mol. The average molecular weight is 421 g/mol. The third kappa shape index (κ3) is 5.57. The van der Waals surface area contributed by atoms with Gasteiger partial charge in [-0.2, -0.15) is 0 Å². The predicted octanol–water partition coefficient (Wildman–Crippen LogP) is 3.64. The summed E-state index contributed by atoms with van der Waals surface area (Å²) in [6.07, 6.45) is -0.709. The second-order valence-electron chi connectivity index (χ2n) is 8.43. The van der Waals surface area contributed by atoms with Gasteiger partial charge in [0.1, 0.15) is 0 Å². The van der Waals surface area contributed by atoms with E-state index in [4.69, 9.17) is 4.74 Å². The summed E-state index contributed by atoms with van der Waals surface area (Å²) in [7, 11) is 0. The SMILES string of the molecule is C[C@@H](OC(=O)CCNC(=O)c1ccc(C(C)(C)C)cc1)c1nc2ccccc2c(=O)[nH]1. The largest absolute Gasteiger partial charge is 0.454 e. The lowest BCUT2D eigenvalue weighted by molar-refractivity contribution is -0.148. The van der Waals surface area contributed by atoms with Gasteiger partial charge in [0.25, 0.3) is 11.5 Å². The van der Waals surface area contributed by atoms with Gasteiger partial charge in [0, 0.05) is 12.1 Å². The monoisotopic (exact) mass is 421 g/mol. The van der Waals surface area contributed by atoms with E-state index >= 15 is 0 Å². The van der Waals surface area contributed by atoms with Crippen LogP contribution in [-0.4, -0.2) is 28.4 Å². The van der Waals surface area contributed by atoms with Gasteiger partial charge >= 0.3 is 5.97 Å². The van der Waals surface area contributed by atoms with Crippen molar-refractivity contribution in [3.05, 3.63) is 75.8 Å². The van der Waals surface area contributed by atoms with Crippen LogP contribution in [0.5, 0.6) is 0 Å². The van der Waals surface area contributed by atoms with Crippen LogP contribution in [0.4, 0.5) is 0 Å². The highest BCUT2D eigenvalue weighted by Gasteiger charge is 2.17. The van der Waals surface area contributed by atoms with Crippen molar-refractivity contribution in [1.82, 2.24) is 15.3 Å². The summed E-state index contributed by atoms with van der Waals surface area (Å²) in [5, 5.41) is 3.20. The second kappa shape index (κ2) is 9.12. The van der Waals surface area contributed by atoms with Crippen LogP contribution in [0, 0.1) is 0 Å². The Morgan fingerprint density at radius 3 is 2.45 bits per heavy atom.